The molecule has 0 radical (unpaired) electrons. The molecule has 0 bridgehead atoms. The molecule has 0 saturated carbocycles. The number of likely N-dealkylation sites (N-methyl/N-ethyl adjacent to an activating group) is 1. The Bertz CT molecular complexity index is 1060. The Labute approximate surface area is 168 Å². The number of benzene rings is 2. The van der Waals surface area contributed by atoms with Gasteiger partial charge >= 0.3 is 0 Å². The predicted octanol–water partition coefficient (Wildman–Crippen LogP) is 3.79. The van der Waals surface area contributed by atoms with Gasteiger partial charge < -0.3 is 4.90 Å². The molecule has 2 aliphatic rings. The van der Waals surface area contributed by atoms with Crippen LogP contribution in [0.25, 0.3) is 0 Å². The first-order chi connectivity index (χ1) is 13.7. The summed E-state index contributed by atoms with van der Waals surface area (Å²) in [5.41, 5.74) is 3.24. The fourth-order valence-corrected chi connectivity index (χ4v) is 4.27. The summed E-state index contributed by atoms with van der Waals surface area (Å²) < 4.78 is 0. The maximum absolute atomic E-state index is 13.0. The fraction of sp³-hybridized carbons (Fsp3) is 0.273. The average Bonchev–Trinajstić information content (AvgIpc) is 3.08. The van der Waals surface area contributed by atoms with Gasteiger partial charge in [-0.1, -0.05) is 38.1 Å². The number of rotatable bonds is 3. The van der Waals surface area contributed by atoms with E-state index >= 15 is 0 Å². The predicted molar refractivity (Wildman–Crippen MR) is 110 cm³/mol. The topological polar surface area (TPSA) is 83.8 Å². The van der Waals surface area contributed by atoms with Crippen molar-refractivity contribution in [3.63, 3.8) is 0 Å². The van der Waals surface area contributed by atoms with Crippen molar-refractivity contribution in [1.82, 2.24) is 0 Å². The summed E-state index contributed by atoms with van der Waals surface area (Å²) in [7, 11) is 1.97. The van der Waals surface area contributed by atoms with Crippen molar-refractivity contribution < 1.29 is 14.5 Å². The number of anilines is 2. The van der Waals surface area contributed by atoms with Gasteiger partial charge in [-0.3, -0.25) is 24.6 Å². The van der Waals surface area contributed by atoms with Gasteiger partial charge in [0.05, 0.1) is 16.5 Å². The van der Waals surface area contributed by atoms with Gasteiger partial charge in [-0.05, 0) is 23.8 Å². The third-order valence-corrected chi connectivity index (χ3v) is 5.80. The Kier molecular flexibility index (Phi) is 4.26. The third kappa shape index (κ3) is 2.90. The van der Waals surface area contributed by atoms with Crippen LogP contribution < -0.4 is 9.80 Å². The Morgan fingerprint density at radius 2 is 1.76 bits per heavy atom. The van der Waals surface area contributed by atoms with Gasteiger partial charge in [0.15, 0.2) is 0 Å². The van der Waals surface area contributed by atoms with Crippen LogP contribution in [-0.4, -0.2) is 23.8 Å². The molecule has 2 aromatic carbocycles. The number of amides is 2. The van der Waals surface area contributed by atoms with E-state index in [1.807, 2.05) is 31.3 Å². The van der Waals surface area contributed by atoms with E-state index < -0.39 is 10.8 Å². The van der Waals surface area contributed by atoms with E-state index in [0.717, 1.165) is 16.3 Å². The molecule has 2 aliphatic heterocycles. The summed E-state index contributed by atoms with van der Waals surface area (Å²) in [5, 5.41) is 10.8. The van der Waals surface area contributed by atoms with Crippen LogP contribution in [0.5, 0.6) is 0 Å². The normalized spacial score (nSPS) is 21.8. The number of fused-ring (bicyclic) bond motifs is 1. The van der Waals surface area contributed by atoms with Crippen LogP contribution in [0, 0.1) is 16.0 Å². The lowest BCUT2D eigenvalue weighted by Crippen LogP contribution is -2.31. The summed E-state index contributed by atoms with van der Waals surface area (Å²) in [6.07, 6.45) is 1.98. The zero-order valence-electron chi connectivity index (χ0n) is 16.5. The molecular formula is C22H21N3O4. The number of hydrogen-bond donors (Lipinski definition) is 0. The van der Waals surface area contributed by atoms with E-state index in [1.165, 1.54) is 29.8 Å². The highest BCUT2D eigenvalue weighted by Gasteiger charge is 2.43. The van der Waals surface area contributed by atoms with Crippen LogP contribution in [0.3, 0.4) is 0 Å². The van der Waals surface area contributed by atoms with Crippen molar-refractivity contribution in [2.24, 2.45) is 5.92 Å². The third-order valence-electron chi connectivity index (χ3n) is 5.80. The quantitative estimate of drug-likeness (QED) is 0.452. The molecular weight excluding hydrogens is 370 g/mol. The summed E-state index contributed by atoms with van der Waals surface area (Å²) in [5.74, 6) is -1.18. The Morgan fingerprint density at radius 1 is 1.10 bits per heavy atom. The number of carbonyl (C=O) groups excluding carboxylic acids is 2. The smallest absolute Gasteiger partial charge is 0.269 e. The molecule has 0 unspecified atom stereocenters. The molecule has 7 nitrogen and oxygen atoms in total. The molecule has 0 aromatic heterocycles. The number of allylic oxidation sites excluding steroid dienone is 1. The van der Waals surface area contributed by atoms with Gasteiger partial charge in [-0.15, -0.1) is 0 Å². The summed E-state index contributed by atoms with van der Waals surface area (Å²) in [4.78, 5) is 39.1. The van der Waals surface area contributed by atoms with Gasteiger partial charge in [0.2, 0.25) is 11.8 Å². The SMILES string of the molecule is CN1/C(=C/[C@H]2CC(=O)N(c3ccc([N+](=O)[O-])cc3)C2=O)C(C)(C)c2ccccc21. The highest BCUT2D eigenvalue weighted by molar-refractivity contribution is 6.21. The van der Waals surface area contributed by atoms with Crippen molar-refractivity contribution in [3.8, 4) is 0 Å². The lowest BCUT2D eigenvalue weighted by atomic mass is 9.82. The van der Waals surface area contributed by atoms with Crippen molar-refractivity contribution in [1.29, 1.82) is 0 Å². The number of imide groups is 1. The first kappa shape index (κ1) is 18.9. The Morgan fingerprint density at radius 3 is 2.38 bits per heavy atom. The van der Waals surface area contributed by atoms with Gasteiger partial charge in [-0.2, -0.15) is 0 Å². The maximum Gasteiger partial charge on any atom is 0.269 e. The van der Waals surface area contributed by atoms with Crippen LogP contribution in [0.1, 0.15) is 25.8 Å². The highest BCUT2D eigenvalue weighted by Crippen LogP contribution is 2.47. The molecule has 29 heavy (non-hydrogen) atoms. The summed E-state index contributed by atoms with van der Waals surface area (Å²) in [6, 6.07) is 13.6. The van der Waals surface area contributed by atoms with Gasteiger partial charge in [0.25, 0.3) is 5.69 Å². The van der Waals surface area contributed by atoms with Crippen LogP contribution in [0.4, 0.5) is 17.1 Å². The number of carbonyl (C=O) groups is 2. The first-order valence-electron chi connectivity index (χ1n) is 9.38. The number of para-hydroxylation sites is 1. The zero-order chi connectivity index (χ0) is 20.9. The molecule has 2 amide bonds. The van der Waals surface area contributed by atoms with Crippen LogP contribution in [0.15, 0.2) is 60.3 Å². The van der Waals surface area contributed by atoms with Gasteiger partial charge in [-0.25, -0.2) is 0 Å². The molecule has 2 heterocycles. The number of hydrogen-bond acceptors (Lipinski definition) is 5. The largest absolute Gasteiger partial charge is 0.347 e. The summed E-state index contributed by atoms with van der Waals surface area (Å²) in [6.45, 7) is 4.22. The second-order valence-electron chi connectivity index (χ2n) is 7.90. The van der Waals surface area contributed by atoms with E-state index in [0.29, 0.717) is 5.69 Å². The number of nitro groups is 1. The molecule has 0 aliphatic carbocycles. The molecule has 148 valence electrons. The molecule has 1 atom stereocenters. The lowest BCUT2D eigenvalue weighted by Gasteiger charge is -2.25. The van der Waals surface area contributed by atoms with Crippen molar-refractivity contribution in [3.05, 3.63) is 76.0 Å². The second-order valence-corrected chi connectivity index (χ2v) is 7.90. The molecule has 1 fully saturated rings. The molecule has 1 saturated heterocycles. The number of nitrogens with zero attached hydrogens (tertiary/aromatic N) is 3. The highest BCUT2D eigenvalue weighted by atomic mass is 16.6. The minimum absolute atomic E-state index is 0.0829. The Balaban J connectivity index is 1.65. The first-order valence-corrected chi connectivity index (χ1v) is 9.38. The van der Waals surface area contributed by atoms with Crippen molar-refractivity contribution in [2.75, 3.05) is 16.8 Å². The molecule has 0 spiro atoms. The molecule has 0 N–H and O–H groups in total. The molecule has 7 heteroatoms. The zero-order valence-corrected chi connectivity index (χ0v) is 16.5. The van der Waals surface area contributed by atoms with E-state index in [9.17, 15) is 19.7 Å². The number of nitro benzene ring substituents is 1. The summed E-state index contributed by atoms with van der Waals surface area (Å²) >= 11 is 0. The van der Waals surface area contributed by atoms with Crippen LogP contribution >= 0.6 is 0 Å². The van der Waals surface area contributed by atoms with E-state index in [4.69, 9.17) is 0 Å². The second kappa shape index (κ2) is 6.55. The minimum Gasteiger partial charge on any atom is -0.347 e. The standard InChI is InChI=1S/C22H21N3O4/c1-22(2)17-6-4-5-7-18(17)23(3)19(22)12-14-13-20(26)24(21(14)27)15-8-10-16(11-9-15)25(28)29/h4-12,14H,13H2,1-3H3/b19-12+/t14-/m0/s1. The van der Waals surface area contributed by atoms with E-state index in [-0.39, 0.29) is 29.3 Å². The fourth-order valence-electron chi connectivity index (χ4n) is 4.27. The van der Waals surface area contributed by atoms with Gasteiger partial charge in [0, 0.05) is 42.4 Å². The van der Waals surface area contributed by atoms with Crippen LogP contribution in [0.2, 0.25) is 0 Å². The molecule has 4 rings (SSSR count). The van der Waals surface area contributed by atoms with Crippen LogP contribution in [-0.2, 0) is 15.0 Å². The van der Waals surface area contributed by atoms with Gasteiger partial charge in [0.1, 0.15) is 0 Å². The monoisotopic (exact) mass is 391 g/mol. The van der Waals surface area contributed by atoms with E-state index in [2.05, 4.69) is 24.8 Å². The lowest BCUT2D eigenvalue weighted by molar-refractivity contribution is -0.384. The number of non-ortho nitro benzene ring substituents is 1. The average molecular weight is 391 g/mol. The van der Waals surface area contributed by atoms with Crippen molar-refractivity contribution >= 4 is 28.9 Å². The Hall–Kier alpha value is -3.48. The van der Waals surface area contributed by atoms with Crippen molar-refractivity contribution in [2.45, 2.75) is 25.7 Å². The molecule has 2 aromatic rings. The maximum atomic E-state index is 13.0. The van der Waals surface area contributed by atoms with E-state index in [1.54, 1.807) is 0 Å². The minimum atomic E-state index is -0.566.